The lowest BCUT2D eigenvalue weighted by atomic mass is 9.79. The second-order valence-corrected chi connectivity index (χ2v) is 10.3. The van der Waals surface area contributed by atoms with Crippen LogP contribution in [-0.4, -0.2) is 63.4 Å². The van der Waals surface area contributed by atoms with E-state index in [1.807, 2.05) is 18.2 Å². The molecule has 4 rings (SSSR count). The minimum absolute atomic E-state index is 0.0304. The van der Waals surface area contributed by atoms with Crippen molar-refractivity contribution in [2.75, 3.05) is 32.5 Å². The van der Waals surface area contributed by atoms with Crippen LogP contribution in [0.2, 0.25) is 0 Å². The fraction of sp³-hybridized carbons (Fsp3) is 0.481. The molecule has 0 unspecified atom stereocenters. The number of carboxylic acids is 1. The summed E-state index contributed by atoms with van der Waals surface area (Å²) in [7, 11) is 1.59. The van der Waals surface area contributed by atoms with E-state index in [-0.39, 0.29) is 18.3 Å². The third-order valence-electron chi connectivity index (χ3n) is 6.92. The number of pyridine rings is 1. The number of rotatable bonds is 12. The summed E-state index contributed by atoms with van der Waals surface area (Å²) in [6.45, 7) is 2.58. The van der Waals surface area contributed by atoms with Crippen molar-refractivity contribution in [3.05, 3.63) is 54.5 Å². The van der Waals surface area contributed by atoms with Crippen LogP contribution in [0.3, 0.4) is 0 Å². The number of hydrogen-bond acceptors (Lipinski definition) is 7. The van der Waals surface area contributed by atoms with E-state index in [1.165, 1.54) is 0 Å². The van der Waals surface area contributed by atoms with Gasteiger partial charge in [-0.2, -0.15) is 0 Å². The lowest BCUT2D eigenvalue weighted by molar-refractivity contribution is -0.139. The highest BCUT2D eigenvalue weighted by Crippen LogP contribution is 2.36. The molecule has 0 bridgehead atoms. The third kappa shape index (κ3) is 7.13. The molecule has 1 aliphatic rings. The molecule has 192 valence electrons. The summed E-state index contributed by atoms with van der Waals surface area (Å²) in [6, 6.07) is 9.04. The Bertz CT molecular complexity index is 1140. The molecule has 1 fully saturated rings. The number of ether oxygens (including phenoxy) is 1. The van der Waals surface area contributed by atoms with Gasteiger partial charge < -0.3 is 14.7 Å². The van der Waals surface area contributed by atoms with Crippen LogP contribution in [0.4, 0.5) is 4.39 Å². The van der Waals surface area contributed by atoms with E-state index < -0.39 is 12.1 Å². The molecule has 1 N–H and O–H groups in total. The van der Waals surface area contributed by atoms with Crippen LogP contribution in [0.15, 0.2) is 54.1 Å². The Hall–Kier alpha value is -2.78. The number of alkyl halides is 1. The molecule has 0 radical (unpaired) electrons. The van der Waals surface area contributed by atoms with Crippen LogP contribution in [0.1, 0.15) is 43.8 Å². The maximum atomic E-state index is 15.5. The first kappa shape index (κ1) is 26.3. The molecule has 3 atom stereocenters. The standard InChI is InChI=1S/C27H33FN4O3S/c1-35-21-5-7-25-23(17-21)22(8-12-29-25)24(28)6-4-19-9-14-32(18-20(19)16-26(33)34)13-3-15-36-27-30-10-2-11-31-27/h2,5,7-8,10-12,17,19-20,24H,3-4,6,9,13-16,18H2,1H3,(H,33,34)/t19-,20+,24-/m1/s1. The topological polar surface area (TPSA) is 88.4 Å². The van der Waals surface area contributed by atoms with Crippen molar-refractivity contribution in [3.63, 3.8) is 0 Å². The van der Waals surface area contributed by atoms with Gasteiger partial charge in [0.2, 0.25) is 0 Å². The molecule has 1 aliphatic heterocycles. The number of carboxylic acid groups (broad SMARTS) is 1. The molecule has 0 saturated carbocycles. The molecule has 3 aromatic rings. The Morgan fingerprint density at radius 2 is 2.06 bits per heavy atom. The van der Waals surface area contributed by atoms with Gasteiger partial charge in [-0.05, 0) is 86.5 Å². The zero-order chi connectivity index (χ0) is 25.3. The number of nitrogens with zero attached hydrogens (tertiary/aromatic N) is 4. The second-order valence-electron chi connectivity index (χ2n) is 9.27. The number of hydrogen-bond donors (Lipinski definition) is 1. The zero-order valence-electron chi connectivity index (χ0n) is 20.6. The Balaban J connectivity index is 1.31. The number of aliphatic carboxylic acids is 1. The summed E-state index contributed by atoms with van der Waals surface area (Å²) < 4.78 is 20.8. The molecular weight excluding hydrogens is 479 g/mol. The molecule has 1 aromatic carbocycles. The number of aromatic nitrogens is 3. The number of fused-ring (bicyclic) bond motifs is 1. The van der Waals surface area contributed by atoms with Crippen LogP contribution in [-0.2, 0) is 4.79 Å². The van der Waals surface area contributed by atoms with Gasteiger partial charge in [-0.3, -0.25) is 9.78 Å². The van der Waals surface area contributed by atoms with Gasteiger partial charge in [0, 0.05) is 42.7 Å². The first-order valence-electron chi connectivity index (χ1n) is 12.4. The maximum absolute atomic E-state index is 15.5. The largest absolute Gasteiger partial charge is 0.497 e. The Morgan fingerprint density at radius 3 is 2.83 bits per heavy atom. The number of thioether (sulfide) groups is 1. The minimum Gasteiger partial charge on any atom is -0.497 e. The molecule has 2 aromatic heterocycles. The van der Waals surface area contributed by atoms with Crippen LogP contribution in [0, 0.1) is 11.8 Å². The van der Waals surface area contributed by atoms with Gasteiger partial charge in [-0.15, -0.1) is 0 Å². The number of carbonyl (C=O) groups is 1. The number of methoxy groups -OCH3 is 1. The predicted molar refractivity (Wildman–Crippen MR) is 139 cm³/mol. The van der Waals surface area contributed by atoms with Gasteiger partial charge in [0.05, 0.1) is 12.6 Å². The minimum atomic E-state index is -1.14. The van der Waals surface area contributed by atoms with Crippen molar-refractivity contribution < 1.29 is 19.0 Å². The molecule has 36 heavy (non-hydrogen) atoms. The first-order valence-corrected chi connectivity index (χ1v) is 13.4. The van der Waals surface area contributed by atoms with Crippen LogP contribution in [0.25, 0.3) is 10.9 Å². The van der Waals surface area contributed by atoms with Crippen molar-refractivity contribution in [1.29, 1.82) is 0 Å². The van der Waals surface area contributed by atoms with E-state index in [4.69, 9.17) is 4.74 Å². The smallest absolute Gasteiger partial charge is 0.303 e. The number of halogens is 1. The summed E-state index contributed by atoms with van der Waals surface area (Å²) in [6.07, 6.45) is 7.03. The third-order valence-corrected chi connectivity index (χ3v) is 7.88. The van der Waals surface area contributed by atoms with Gasteiger partial charge in [0.15, 0.2) is 5.16 Å². The summed E-state index contributed by atoms with van der Waals surface area (Å²) in [4.78, 5) is 26.7. The second kappa shape index (κ2) is 13.0. The molecule has 0 aliphatic carbocycles. The van der Waals surface area contributed by atoms with E-state index in [2.05, 4.69) is 19.9 Å². The summed E-state index contributed by atoms with van der Waals surface area (Å²) in [5.74, 6) is 1.04. The molecule has 3 heterocycles. The number of likely N-dealkylation sites (tertiary alicyclic amines) is 1. The summed E-state index contributed by atoms with van der Waals surface area (Å²) in [5, 5.41) is 11.0. The van der Waals surface area contributed by atoms with Crippen molar-refractivity contribution in [2.24, 2.45) is 11.8 Å². The van der Waals surface area contributed by atoms with Crippen LogP contribution in [0.5, 0.6) is 5.75 Å². The average Bonchev–Trinajstić information content (AvgIpc) is 2.90. The van der Waals surface area contributed by atoms with E-state index in [9.17, 15) is 9.90 Å². The Kier molecular flexibility index (Phi) is 9.47. The van der Waals surface area contributed by atoms with Crippen LogP contribution >= 0.6 is 11.8 Å². The first-order chi connectivity index (χ1) is 17.5. The molecular formula is C27H33FN4O3S. The van der Waals surface area contributed by atoms with Gasteiger partial charge in [0.1, 0.15) is 11.9 Å². The average molecular weight is 513 g/mol. The lowest BCUT2D eigenvalue weighted by Crippen LogP contribution is -2.42. The Labute approximate surface area is 215 Å². The monoisotopic (exact) mass is 512 g/mol. The summed E-state index contributed by atoms with van der Waals surface area (Å²) >= 11 is 1.64. The highest BCUT2D eigenvalue weighted by Gasteiger charge is 2.31. The highest BCUT2D eigenvalue weighted by atomic mass is 32.2. The Morgan fingerprint density at radius 1 is 1.22 bits per heavy atom. The SMILES string of the molecule is COc1ccc2nccc([C@H](F)CC[C@@H]3CCN(CCCSc4ncccn4)C[C@@H]3CC(=O)O)c2c1. The quantitative estimate of drug-likeness (QED) is 0.196. The lowest BCUT2D eigenvalue weighted by Gasteiger charge is -2.38. The molecule has 0 spiro atoms. The van der Waals surface area contributed by atoms with Crippen LogP contribution < -0.4 is 4.74 Å². The van der Waals surface area contributed by atoms with Gasteiger partial charge >= 0.3 is 5.97 Å². The number of piperidine rings is 1. The maximum Gasteiger partial charge on any atom is 0.303 e. The van der Waals surface area contributed by atoms with Crippen molar-refractivity contribution >= 4 is 28.6 Å². The van der Waals surface area contributed by atoms with Crippen molar-refractivity contribution in [2.45, 2.75) is 43.4 Å². The number of benzene rings is 1. The highest BCUT2D eigenvalue weighted by molar-refractivity contribution is 7.99. The normalized spacial score (nSPS) is 19.3. The molecule has 1 saturated heterocycles. The fourth-order valence-corrected chi connectivity index (χ4v) is 5.80. The van der Waals surface area contributed by atoms with E-state index >= 15 is 4.39 Å². The molecule has 7 nitrogen and oxygen atoms in total. The fourth-order valence-electron chi connectivity index (χ4n) is 5.07. The molecule has 0 amide bonds. The van der Waals surface area contributed by atoms with Gasteiger partial charge in [-0.25, -0.2) is 14.4 Å². The molecule has 9 heteroatoms. The van der Waals surface area contributed by atoms with Crippen molar-refractivity contribution in [3.8, 4) is 5.75 Å². The summed E-state index contributed by atoms with van der Waals surface area (Å²) in [5.41, 5.74) is 1.36. The van der Waals surface area contributed by atoms with E-state index in [0.717, 1.165) is 54.3 Å². The van der Waals surface area contributed by atoms with Gasteiger partial charge in [-0.1, -0.05) is 11.8 Å². The van der Waals surface area contributed by atoms with Crippen molar-refractivity contribution in [1.82, 2.24) is 19.9 Å². The van der Waals surface area contributed by atoms with E-state index in [0.29, 0.717) is 24.2 Å². The predicted octanol–water partition coefficient (Wildman–Crippen LogP) is 5.42. The van der Waals surface area contributed by atoms with Gasteiger partial charge in [0.25, 0.3) is 0 Å². The zero-order valence-corrected chi connectivity index (χ0v) is 21.4. The van der Waals surface area contributed by atoms with E-state index in [1.54, 1.807) is 49.6 Å².